The van der Waals surface area contributed by atoms with Crippen molar-refractivity contribution >= 4 is 0 Å². The van der Waals surface area contributed by atoms with E-state index in [2.05, 4.69) is 16.5 Å². The summed E-state index contributed by atoms with van der Waals surface area (Å²) >= 11 is 0. The van der Waals surface area contributed by atoms with E-state index in [9.17, 15) is 5.11 Å². The van der Waals surface area contributed by atoms with E-state index in [-0.39, 0.29) is 5.88 Å². The zero-order valence-corrected chi connectivity index (χ0v) is 8.80. The van der Waals surface area contributed by atoms with Crippen molar-refractivity contribution < 1.29 is 14.6 Å². The molecule has 82 valence electrons. The summed E-state index contributed by atoms with van der Waals surface area (Å²) in [5.41, 5.74) is 0.387. The Morgan fingerprint density at radius 3 is 2.80 bits per heavy atom. The van der Waals surface area contributed by atoms with Gasteiger partial charge in [-0.1, -0.05) is 6.08 Å². The molecule has 1 atom stereocenters. The first-order valence-corrected chi connectivity index (χ1v) is 4.46. The lowest BCUT2D eigenvalue weighted by atomic mass is 10.2. The van der Waals surface area contributed by atoms with Gasteiger partial charge in [0.15, 0.2) is 0 Å². The number of nitrogens with zero attached hydrogens (tertiary/aromatic N) is 2. The standard InChI is InChI=1S/C10H14N2O3/c1-4-5-7(13)9-10(15-3)12-8(14-2)6-11-9/h4,6-7,13H,1,5H2,2-3H3. The number of ether oxygens (including phenoxy) is 2. The molecule has 15 heavy (non-hydrogen) atoms. The van der Waals surface area contributed by atoms with Crippen LogP contribution >= 0.6 is 0 Å². The second-order valence-electron chi connectivity index (χ2n) is 2.85. The van der Waals surface area contributed by atoms with Crippen LogP contribution in [-0.4, -0.2) is 29.3 Å². The first-order valence-electron chi connectivity index (χ1n) is 4.46. The maximum atomic E-state index is 9.70. The van der Waals surface area contributed by atoms with E-state index in [0.717, 1.165) is 0 Å². The molecule has 1 N–H and O–H groups in total. The highest BCUT2D eigenvalue weighted by atomic mass is 16.5. The molecular weight excluding hydrogens is 196 g/mol. The number of aliphatic hydroxyl groups excluding tert-OH is 1. The van der Waals surface area contributed by atoms with E-state index in [4.69, 9.17) is 9.47 Å². The summed E-state index contributed by atoms with van der Waals surface area (Å²) in [5, 5.41) is 9.70. The third kappa shape index (κ3) is 2.66. The van der Waals surface area contributed by atoms with Gasteiger partial charge >= 0.3 is 0 Å². The van der Waals surface area contributed by atoms with Gasteiger partial charge in [-0.15, -0.1) is 6.58 Å². The van der Waals surface area contributed by atoms with Crippen molar-refractivity contribution in [3.05, 3.63) is 24.5 Å². The molecule has 1 heterocycles. The summed E-state index contributed by atoms with van der Waals surface area (Å²) in [6.45, 7) is 3.54. The lowest BCUT2D eigenvalue weighted by Crippen LogP contribution is -2.05. The van der Waals surface area contributed by atoms with Crippen LogP contribution in [-0.2, 0) is 0 Å². The van der Waals surface area contributed by atoms with Gasteiger partial charge in [0.1, 0.15) is 11.8 Å². The van der Waals surface area contributed by atoms with Gasteiger partial charge in [0.05, 0.1) is 20.4 Å². The van der Waals surface area contributed by atoms with Crippen molar-refractivity contribution in [3.8, 4) is 11.8 Å². The first-order chi connectivity index (χ1) is 7.22. The molecule has 1 aromatic heterocycles. The molecule has 1 unspecified atom stereocenters. The van der Waals surface area contributed by atoms with Crippen LogP contribution in [0.25, 0.3) is 0 Å². The smallest absolute Gasteiger partial charge is 0.241 e. The largest absolute Gasteiger partial charge is 0.480 e. The van der Waals surface area contributed by atoms with E-state index < -0.39 is 6.10 Å². The minimum atomic E-state index is -0.754. The van der Waals surface area contributed by atoms with Gasteiger partial charge in [-0.3, -0.25) is 0 Å². The third-order valence-corrected chi connectivity index (χ3v) is 1.85. The zero-order chi connectivity index (χ0) is 11.3. The Hall–Kier alpha value is -1.62. The van der Waals surface area contributed by atoms with Gasteiger partial charge in [-0.2, -0.15) is 4.98 Å². The Labute approximate surface area is 88.4 Å². The molecule has 0 amide bonds. The Kier molecular flexibility index (Phi) is 4.05. The first kappa shape index (κ1) is 11.5. The van der Waals surface area contributed by atoms with Crippen LogP contribution in [0.4, 0.5) is 0 Å². The molecule has 0 saturated carbocycles. The Balaban J connectivity index is 3.01. The monoisotopic (exact) mass is 210 g/mol. The quantitative estimate of drug-likeness (QED) is 0.737. The second-order valence-corrected chi connectivity index (χ2v) is 2.85. The Bertz CT molecular complexity index is 341. The highest BCUT2D eigenvalue weighted by molar-refractivity contribution is 5.24. The van der Waals surface area contributed by atoms with Crippen LogP contribution in [0.1, 0.15) is 18.2 Å². The molecule has 0 aromatic carbocycles. The van der Waals surface area contributed by atoms with Gasteiger partial charge in [-0.25, -0.2) is 4.98 Å². The SMILES string of the molecule is C=CCC(O)c1ncc(OC)nc1OC. The van der Waals surface area contributed by atoms with Crippen LogP contribution in [0.5, 0.6) is 11.8 Å². The van der Waals surface area contributed by atoms with Gasteiger partial charge in [-0.05, 0) is 6.42 Å². The molecule has 0 aliphatic carbocycles. The molecule has 0 spiro atoms. The molecule has 0 aliphatic rings. The van der Waals surface area contributed by atoms with Crippen LogP contribution in [0, 0.1) is 0 Å². The Morgan fingerprint density at radius 1 is 1.53 bits per heavy atom. The number of aliphatic hydroxyl groups is 1. The summed E-state index contributed by atoms with van der Waals surface area (Å²) < 4.78 is 9.90. The average molecular weight is 210 g/mol. The third-order valence-electron chi connectivity index (χ3n) is 1.85. The van der Waals surface area contributed by atoms with Gasteiger partial charge in [0, 0.05) is 0 Å². The zero-order valence-electron chi connectivity index (χ0n) is 8.80. The van der Waals surface area contributed by atoms with Gasteiger partial charge < -0.3 is 14.6 Å². The topological polar surface area (TPSA) is 64.5 Å². The maximum absolute atomic E-state index is 9.70. The molecule has 5 heteroatoms. The van der Waals surface area contributed by atoms with E-state index >= 15 is 0 Å². The maximum Gasteiger partial charge on any atom is 0.241 e. The molecule has 1 rings (SSSR count). The van der Waals surface area contributed by atoms with Gasteiger partial charge in [0.2, 0.25) is 11.8 Å². The fraction of sp³-hybridized carbons (Fsp3) is 0.400. The van der Waals surface area contributed by atoms with E-state index in [1.165, 1.54) is 20.4 Å². The van der Waals surface area contributed by atoms with Crippen LogP contribution in [0.2, 0.25) is 0 Å². The van der Waals surface area contributed by atoms with Crippen molar-refractivity contribution in [2.75, 3.05) is 14.2 Å². The van der Waals surface area contributed by atoms with E-state index in [1.807, 2.05) is 0 Å². The fourth-order valence-electron chi connectivity index (χ4n) is 1.11. The lowest BCUT2D eigenvalue weighted by molar-refractivity contribution is 0.170. The summed E-state index contributed by atoms with van der Waals surface area (Å²) in [6, 6.07) is 0. The van der Waals surface area contributed by atoms with Crippen molar-refractivity contribution in [1.82, 2.24) is 9.97 Å². The molecule has 5 nitrogen and oxygen atoms in total. The molecule has 0 radical (unpaired) electrons. The van der Waals surface area contributed by atoms with Crippen LogP contribution in [0.15, 0.2) is 18.9 Å². The predicted octanol–water partition coefficient (Wildman–Crippen LogP) is 1.10. The molecule has 0 aliphatic heterocycles. The normalized spacial score (nSPS) is 11.9. The Morgan fingerprint density at radius 2 is 2.27 bits per heavy atom. The summed E-state index contributed by atoms with van der Waals surface area (Å²) in [5.74, 6) is 0.616. The summed E-state index contributed by atoms with van der Waals surface area (Å²) in [7, 11) is 2.96. The molecule has 1 aromatic rings. The number of rotatable bonds is 5. The van der Waals surface area contributed by atoms with Crippen LogP contribution in [0.3, 0.4) is 0 Å². The number of aromatic nitrogens is 2. The fourth-order valence-corrected chi connectivity index (χ4v) is 1.11. The van der Waals surface area contributed by atoms with Gasteiger partial charge in [0.25, 0.3) is 0 Å². The number of hydrogen-bond donors (Lipinski definition) is 1. The molecule has 0 fully saturated rings. The summed E-state index contributed by atoms with van der Waals surface area (Å²) in [4.78, 5) is 8.04. The van der Waals surface area contributed by atoms with Crippen molar-refractivity contribution in [2.45, 2.75) is 12.5 Å². The molecule has 0 bridgehead atoms. The molecule has 0 saturated heterocycles. The predicted molar refractivity (Wildman–Crippen MR) is 54.9 cm³/mol. The molecular formula is C10H14N2O3. The number of hydrogen-bond acceptors (Lipinski definition) is 5. The van der Waals surface area contributed by atoms with Crippen molar-refractivity contribution in [3.63, 3.8) is 0 Å². The van der Waals surface area contributed by atoms with E-state index in [1.54, 1.807) is 6.08 Å². The second kappa shape index (κ2) is 5.31. The van der Waals surface area contributed by atoms with Crippen molar-refractivity contribution in [2.24, 2.45) is 0 Å². The average Bonchev–Trinajstić information content (AvgIpc) is 2.28. The minimum Gasteiger partial charge on any atom is -0.480 e. The van der Waals surface area contributed by atoms with Crippen molar-refractivity contribution in [1.29, 1.82) is 0 Å². The lowest BCUT2D eigenvalue weighted by Gasteiger charge is -2.11. The van der Waals surface area contributed by atoms with E-state index in [0.29, 0.717) is 18.0 Å². The number of methoxy groups -OCH3 is 2. The highest BCUT2D eigenvalue weighted by Crippen LogP contribution is 2.24. The minimum absolute atomic E-state index is 0.267. The highest BCUT2D eigenvalue weighted by Gasteiger charge is 2.15. The van der Waals surface area contributed by atoms with Crippen LogP contribution < -0.4 is 9.47 Å². The summed E-state index contributed by atoms with van der Waals surface area (Å²) in [6.07, 6.45) is 2.69.